The molecule has 2 heterocycles. The number of ether oxygens (including phenoxy) is 4. The van der Waals surface area contributed by atoms with Gasteiger partial charge in [0.05, 0.1) is 11.2 Å². The van der Waals surface area contributed by atoms with E-state index in [4.69, 9.17) is 18.9 Å². The summed E-state index contributed by atoms with van der Waals surface area (Å²) in [5.41, 5.74) is -0.282. The second-order valence-corrected chi connectivity index (χ2v) is 7.17. The van der Waals surface area contributed by atoms with Crippen LogP contribution in [0.3, 0.4) is 0 Å². The number of anilines is 1. The molecule has 3 rings (SSSR count). The standard InChI is InChI=1S/C19H19F3N4O8/c1-8(27)31-7-13-15(32-9(2)28)16(33-10(3)29)17(34-13)26-12-6-4-5-11(14(12)24-25-26)23-18(30)19(20,21)22/h4-6,13,15-17H,7H2,1-3H3,(H,23,30)/t13-,15+,16-,17-/m0/s1. The first-order valence-corrected chi connectivity index (χ1v) is 9.73. The third-order valence-corrected chi connectivity index (χ3v) is 4.59. The van der Waals surface area contributed by atoms with E-state index in [1.54, 1.807) is 5.32 Å². The summed E-state index contributed by atoms with van der Waals surface area (Å²) in [5, 5.41) is 9.41. The Labute approximate surface area is 189 Å². The second-order valence-electron chi connectivity index (χ2n) is 7.17. The molecule has 1 saturated heterocycles. The van der Waals surface area contributed by atoms with Gasteiger partial charge in [-0.2, -0.15) is 13.2 Å². The van der Waals surface area contributed by atoms with Crippen LogP contribution in [0.1, 0.15) is 27.0 Å². The number of benzene rings is 1. The number of carbonyl (C=O) groups is 4. The van der Waals surface area contributed by atoms with Gasteiger partial charge in [0.1, 0.15) is 18.2 Å². The predicted octanol–water partition coefficient (Wildman–Crippen LogP) is 1.26. The monoisotopic (exact) mass is 488 g/mol. The topological polar surface area (TPSA) is 148 Å². The maximum absolute atomic E-state index is 12.7. The van der Waals surface area contributed by atoms with E-state index in [-0.39, 0.29) is 23.3 Å². The molecule has 0 spiro atoms. The van der Waals surface area contributed by atoms with Crippen LogP contribution in [0.4, 0.5) is 18.9 Å². The van der Waals surface area contributed by atoms with Crippen molar-refractivity contribution in [1.82, 2.24) is 15.0 Å². The van der Waals surface area contributed by atoms with Gasteiger partial charge in [-0.1, -0.05) is 11.3 Å². The molecule has 1 aliphatic rings. The van der Waals surface area contributed by atoms with Gasteiger partial charge in [-0.05, 0) is 12.1 Å². The number of esters is 3. The number of aromatic nitrogens is 3. The number of carbonyl (C=O) groups excluding carboxylic acids is 4. The van der Waals surface area contributed by atoms with Crippen LogP contribution in [0, 0.1) is 0 Å². The van der Waals surface area contributed by atoms with E-state index < -0.39 is 54.5 Å². The lowest BCUT2D eigenvalue weighted by Crippen LogP contribution is -2.40. The van der Waals surface area contributed by atoms with Crippen LogP contribution in [-0.2, 0) is 38.1 Å². The van der Waals surface area contributed by atoms with Crippen molar-refractivity contribution in [1.29, 1.82) is 0 Å². The second kappa shape index (κ2) is 9.62. The number of nitrogens with zero attached hydrogens (tertiary/aromatic N) is 3. The Kier molecular flexibility index (Phi) is 7.04. The molecule has 1 aromatic heterocycles. The largest absolute Gasteiger partial charge is 0.471 e. The number of rotatable bonds is 6. The molecule has 1 fully saturated rings. The van der Waals surface area contributed by atoms with Crippen LogP contribution >= 0.6 is 0 Å². The molecule has 0 bridgehead atoms. The Bertz CT molecular complexity index is 1120. The SMILES string of the molecule is CC(=O)OC[C@@H]1O[C@H](n2nnc3c(NC(=O)C(F)(F)F)cccc32)[C@@H](OC(C)=O)[C@@H]1OC(C)=O. The van der Waals surface area contributed by atoms with Crippen LogP contribution < -0.4 is 5.32 Å². The van der Waals surface area contributed by atoms with Gasteiger partial charge in [-0.3, -0.25) is 19.2 Å². The molecule has 2 aromatic rings. The fraction of sp³-hybridized carbons (Fsp3) is 0.474. The molecule has 12 nitrogen and oxygen atoms in total. The third-order valence-electron chi connectivity index (χ3n) is 4.59. The summed E-state index contributed by atoms with van der Waals surface area (Å²) in [6.45, 7) is 3.01. The Morgan fingerprint density at radius 2 is 1.71 bits per heavy atom. The van der Waals surface area contributed by atoms with Crippen molar-refractivity contribution in [2.45, 2.75) is 51.5 Å². The van der Waals surface area contributed by atoms with Crippen molar-refractivity contribution in [3.8, 4) is 0 Å². The van der Waals surface area contributed by atoms with Gasteiger partial charge < -0.3 is 24.3 Å². The number of halogens is 3. The zero-order chi connectivity index (χ0) is 25.2. The number of hydrogen-bond acceptors (Lipinski definition) is 10. The first-order chi connectivity index (χ1) is 15.9. The molecule has 1 amide bonds. The smallest absolute Gasteiger partial charge is 0.463 e. The number of amides is 1. The molecule has 0 unspecified atom stereocenters. The Morgan fingerprint density at radius 3 is 2.29 bits per heavy atom. The molecule has 0 aliphatic carbocycles. The van der Waals surface area contributed by atoms with E-state index in [9.17, 15) is 32.3 Å². The van der Waals surface area contributed by atoms with Gasteiger partial charge >= 0.3 is 30.0 Å². The van der Waals surface area contributed by atoms with E-state index in [0.29, 0.717) is 0 Å². The van der Waals surface area contributed by atoms with Crippen molar-refractivity contribution in [2.75, 3.05) is 11.9 Å². The highest BCUT2D eigenvalue weighted by atomic mass is 19.4. The van der Waals surface area contributed by atoms with E-state index in [1.165, 1.54) is 18.2 Å². The molecular formula is C19H19F3N4O8. The maximum Gasteiger partial charge on any atom is 0.471 e. The minimum absolute atomic E-state index is 0.108. The fourth-order valence-corrected chi connectivity index (χ4v) is 3.33. The molecule has 0 radical (unpaired) electrons. The molecule has 0 saturated carbocycles. The molecular weight excluding hydrogens is 469 g/mol. The molecule has 34 heavy (non-hydrogen) atoms. The summed E-state index contributed by atoms with van der Waals surface area (Å²) in [4.78, 5) is 46.0. The molecule has 15 heteroatoms. The summed E-state index contributed by atoms with van der Waals surface area (Å²) >= 11 is 0. The summed E-state index contributed by atoms with van der Waals surface area (Å²) < 4.78 is 60.4. The zero-order valence-electron chi connectivity index (χ0n) is 18.0. The lowest BCUT2D eigenvalue weighted by Gasteiger charge is -2.23. The Hall–Kier alpha value is -3.75. The molecule has 1 aromatic carbocycles. The first kappa shape index (κ1) is 24.9. The summed E-state index contributed by atoms with van der Waals surface area (Å²) in [6.07, 6.45) is -9.96. The third kappa shape index (κ3) is 5.41. The van der Waals surface area contributed by atoms with Gasteiger partial charge in [-0.25, -0.2) is 4.68 Å². The van der Waals surface area contributed by atoms with E-state index >= 15 is 0 Å². The van der Waals surface area contributed by atoms with Crippen molar-refractivity contribution in [3.63, 3.8) is 0 Å². The average Bonchev–Trinajstić information content (AvgIpc) is 3.27. The summed E-state index contributed by atoms with van der Waals surface area (Å²) in [5.74, 6) is -4.35. The van der Waals surface area contributed by atoms with Crippen LogP contribution in [0.25, 0.3) is 11.0 Å². The van der Waals surface area contributed by atoms with Gasteiger partial charge in [0, 0.05) is 20.8 Å². The van der Waals surface area contributed by atoms with Gasteiger partial charge in [0.25, 0.3) is 0 Å². The van der Waals surface area contributed by atoms with E-state index in [2.05, 4.69) is 10.3 Å². The highest BCUT2D eigenvalue weighted by molar-refractivity contribution is 6.01. The summed E-state index contributed by atoms with van der Waals surface area (Å²) in [6, 6.07) is 3.95. The minimum Gasteiger partial charge on any atom is -0.463 e. The Balaban J connectivity index is 2.01. The number of alkyl halides is 3. The normalized spacial score (nSPS) is 22.3. The lowest BCUT2D eigenvalue weighted by molar-refractivity contribution is -0.167. The van der Waals surface area contributed by atoms with Crippen LogP contribution in [-0.4, -0.2) is 69.9 Å². The highest BCUT2D eigenvalue weighted by Gasteiger charge is 2.51. The minimum atomic E-state index is -5.13. The highest BCUT2D eigenvalue weighted by Crippen LogP contribution is 2.36. The number of fused-ring (bicyclic) bond motifs is 1. The molecule has 4 atom stereocenters. The van der Waals surface area contributed by atoms with Crippen LogP contribution in [0.5, 0.6) is 0 Å². The Morgan fingerprint density at radius 1 is 1.06 bits per heavy atom. The average molecular weight is 488 g/mol. The lowest BCUT2D eigenvalue weighted by atomic mass is 10.1. The molecule has 1 aliphatic heterocycles. The van der Waals surface area contributed by atoms with Crippen molar-refractivity contribution >= 4 is 40.5 Å². The van der Waals surface area contributed by atoms with Crippen molar-refractivity contribution in [3.05, 3.63) is 18.2 Å². The molecule has 184 valence electrons. The van der Waals surface area contributed by atoms with E-state index in [0.717, 1.165) is 25.5 Å². The van der Waals surface area contributed by atoms with Crippen LogP contribution in [0.2, 0.25) is 0 Å². The van der Waals surface area contributed by atoms with Gasteiger partial charge in [-0.15, -0.1) is 5.10 Å². The predicted molar refractivity (Wildman–Crippen MR) is 104 cm³/mol. The first-order valence-electron chi connectivity index (χ1n) is 9.73. The molecule has 1 N–H and O–H groups in total. The van der Waals surface area contributed by atoms with Crippen molar-refractivity contribution < 1.29 is 51.3 Å². The van der Waals surface area contributed by atoms with E-state index in [1.807, 2.05) is 0 Å². The van der Waals surface area contributed by atoms with Crippen LogP contribution in [0.15, 0.2) is 18.2 Å². The quantitative estimate of drug-likeness (QED) is 0.465. The number of nitrogens with one attached hydrogen (secondary N) is 1. The number of hydrogen-bond donors (Lipinski definition) is 1. The van der Waals surface area contributed by atoms with Gasteiger partial charge in [0.15, 0.2) is 18.4 Å². The maximum atomic E-state index is 12.7. The van der Waals surface area contributed by atoms with Crippen molar-refractivity contribution in [2.24, 2.45) is 0 Å². The fourth-order valence-electron chi connectivity index (χ4n) is 3.33. The summed E-state index contributed by atoms with van der Waals surface area (Å²) in [7, 11) is 0. The van der Waals surface area contributed by atoms with Gasteiger partial charge in [0.2, 0.25) is 0 Å². The zero-order valence-corrected chi connectivity index (χ0v) is 18.0.